The average Bonchev–Trinajstić information content (AvgIpc) is 2.38. The van der Waals surface area contributed by atoms with Crippen molar-refractivity contribution in [2.75, 3.05) is 13.1 Å². The van der Waals surface area contributed by atoms with E-state index >= 15 is 0 Å². The zero-order valence-electron chi connectivity index (χ0n) is 11.4. The highest BCUT2D eigenvalue weighted by atomic mass is 19.4. The summed E-state index contributed by atoms with van der Waals surface area (Å²) < 4.78 is 37.4. The van der Waals surface area contributed by atoms with E-state index < -0.39 is 17.7 Å². The minimum atomic E-state index is -4.34. The van der Waals surface area contributed by atoms with Crippen molar-refractivity contribution in [3.63, 3.8) is 0 Å². The normalized spacial score (nSPS) is 13.5. The van der Waals surface area contributed by atoms with Crippen LogP contribution in [0.25, 0.3) is 0 Å². The summed E-state index contributed by atoms with van der Waals surface area (Å²) in [7, 11) is 0. The van der Waals surface area contributed by atoms with E-state index in [9.17, 15) is 18.0 Å². The zero-order chi connectivity index (χ0) is 15.3. The van der Waals surface area contributed by atoms with Crippen LogP contribution in [0.5, 0.6) is 0 Å². The number of carboxylic acid groups (broad SMARTS) is 1. The first kappa shape index (κ1) is 16.5. The molecular formula is C14H18F3NO2. The fraction of sp³-hybridized carbons (Fsp3) is 0.500. The van der Waals surface area contributed by atoms with Crippen LogP contribution in [0.1, 0.15) is 37.4 Å². The molecule has 0 heterocycles. The predicted molar refractivity (Wildman–Crippen MR) is 69.4 cm³/mol. The van der Waals surface area contributed by atoms with Crippen LogP contribution in [0.4, 0.5) is 13.2 Å². The molecule has 0 saturated carbocycles. The number of rotatable bonds is 6. The van der Waals surface area contributed by atoms with Crippen molar-refractivity contribution in [2.45, 2.75) is 32.5 Å². The van der Waals surface area contributed by atoms with Gasteiger partial charge in [-0.05, 0) is 31.2 Å². The number of hydrogen-bond acceptors (Lipinski definition) is 2. The van der Waals surface area contributed by atoms with Gasteiger partial charge in [0.15, 0.2) is 0 Å². The molecule has 1 rings (SSSR count). The van der Waals surface area contributed by atoms with Crippen molar-refractivity contribution in [3.05, 3.63) is 35.4 Å². The second-order valence-electron chi connectivity index (χ2n) is 4.57. The molecule has 0 aliphatic rings. The number of carbonyl (C=O) groups is 1. The lowest BCUT2D eigenvalue weighted by molar-refractivity contribution is -0.138. The van der Waals surface area contributed by atoms with Crippen LogP contribution in [0.15, 0.2) is 24.3 Å². The number of halogens is 3. The Morgan fingerprint density at radius 3 is 2.25 bits per heavy atom. The zero-order valence-corrected chi connectivity index (χ0v) is 11.4. The van der Waals surface area contributed by atoms with E-state index in [1.54, 1.807) is 0 Å². The fourth-order valence-electron chi connectivity index (χ4n) is 2.03. The lowest BCUT2D eigenvalue weighted by Crippen LogP contribution is -2.29. The Bertz CT molecular complexity index is 443. The molecule has 0 spiro atoms. The molecule has 1 unspecified atom stereocenters. The molecule has 0 aliphatic heterocycles. The van der Waals surface area contributed by atoms with Crippen molar-refractivity contribution < 1.29 is 23.1 Å². The SMILES string of the molecule is CCN(CCC(=O)O)C(C)c1ccc(C(F)(F)F)cc1. The minimum Gasteiger partial charge on any atom is -0.481 e. The van der Waals surface area contributed by atoms with E-state index in [4.69, 9.17) is 5.11 Å². The topological polar surface area (TPSA) is 40.5 Å². The highest BCUT2D eigenvalue weighted by Crippen LogP contribution is 2.30. The quantitative estimate of drug-likeness (QED) is 0.870. The fourth-order valence-corrected chi connectivity index (χ4v) is 2.03. The molecule has 0 amide bonds. The van der Waals surface area contributed by atoms with Gasteiger partial charge in [-0.25, -0.2) is 0 Å². The molecule has 6 heteroatoms. The number of hydrogen-bond donors (Lipinski definition) is 1. The molecule has 1 atom stereocenters. The second-order valence-corrected chi connectivity index (χ2v) is 4.57. The average molecular weight is 289 g/mol. The Labute approximate surface area is 116 Å². The van der Waals surface area contributed by atoms with Crippen LogP contribution >= 0.6 is 0 Å². The third kappa shape index (κ3) is 4.52. The lowest BCUT2D eigenvalue weighted by atomic mass is 10.0. The van der Waals surface area contributed by atoms with Crippen LogP contribution in [-0.4, -0.2) is 29.1 Å². The molecule has 0 radical (unpaired) electrons. The molecule has 0 aromatic heterocycles. The lowest BCUT2D eigenvalue weighted by Gasteiger charge is -2.27. The smallest absolute Gasteiger partial charge is 0.416 e. The van der Waals surface area contributed by atoms with Gasteiger partial charge in [-0.3, -0.25) is 9.69 Å². The molecule has 112 valence electrons. The van der Waals surface area contributed by atoms with Crippen LogP contribution in [0.3, 0.4) is 0 Å². The van der Waals surface area contributed by atoms with Gasteiger partial charge < -0.3 is 5.11 Å². The summed E-state index contributed by atoms with van der Waals surface area (Å²) in [5, 5.41) is 8.68. The van der Waals surface area contributed by atoms with E-state index in [-0.39, 0.29) is 12.5 Å². The van der Waals surface area contributed by atoms with Gasteiger partial charge in [0.1, 0.15) is 0 Å². The summed E-state index contributed by atoms with van der Waals surface area (Å²) in [5.74, 6) is -0.886. The van der Waals surface area contributed by atoms with Gasteiger partial charge in [-0.15, -0.1) is 0 Å². The summed E-state index contributed by atoms with van der Waals surface area (Å²) >= 11 is 0. The van der Waals surface area contributed by atoms with Gasteiger partial charge in [-0.1, -0.05) is 19.1 Å². The summed E-state index contributed by atoms with van der Waals surface area (Å²) in [6, 6.07) is 4.86. The Kier molecular flexibility index (Phi) is 5.56. The maximum Gasteiger partial charge on any atom is 0.416 e. The van der Waals surface area contributed by atoms with Crippen molar-refractivity contribution in [1.29, 1.82) is 0 Å². The van der Waals surface area contributed by atoms with Crippen LogP contribution in [-0.2, 0) is 11.0 Å². The van der Waals surface area contributed by atoms with Crippen LogP contribution < -0.4 is 0 Å². The largest absolute Gasteiger partial charge is 0.481 e. The molecule has 1 N–H and O–H groups in total. The first-order valence-corrected chi connectivity index (χ1v) is 6.38. The predicted octanol–water partition coefficient (Wildman–Crippen LogP) is 3.56. The summed E-state index contributed by atoms with van der Waals surface area (Å²) in [6.45, 7) is 4.75. The van der Waals surface area contributed by atoms with Crippen molar-refractivity contribution in [2.24, 2.45) is 0 Å². The number of nitrogens with zero attached hydrogens (tertiary/aromatic N) is 1. The Morgan fingerprint density at radius 1 is 1.30 bits per heavy atom. The summed E-state index contributed by atoms with van der Waals surface area (Å²) in [6.07, 6.45) is -4.33. The van der Waals surface area contributed by atoms with Crippen LogP contribution in [0, 0.1) is 0 Å². The molecule has 3 nitrogen and oxygen atoms in total. The third-order valence-corrected chi connectivity index (χ3v) is 3.29. The Morgan fingerprint density at radius 2 is 1.85 bits per heavy atom. The number of carboxylic acids is 1. The van der Waals surface area contributed by atoms with Crippen molar-refractivity contribution in [1.82, 2.24) is 4.90 Å². The van der Waals surface area contributed by atoms with Gasteiger partial charge in [-0.2, -0.15) is 13.2 Å². The first-order valence-electron chi connectivity index (χ1n) is 6.38. The number of benzene rings is 1. The van der Waals surface area contributed by atoms with E-state index in [0.717, 1.165) is 17.7 Å². The molecule has 1 aromatic rings. The molecular weight excluding hydrogens is 271 g/mol. The highest BCUT2D eigenvalue weighted by Gasteiger charge is 2.30. The van der Waals surface area contributed by atoms with Gasteiger partial charge >= 0.3 is 12.1 Å². The van der Waals surface area contributed by atoms with Crippen LogP contribution in [0.2, 0.25) is 0 Å². The summed E-state index contributed by atoms with van der Waals surface area (Å²) in [4.78, 5) is 12.5. The van der Waals surface area contributed by atoms with Gasteiger partial charge in [0.05, 0.1) is 12.0 Å². The minimum absolute atomic E-state index is 0.0127. The van der Waals surface area contributed by atoms with E-state index in [1.807, 2.05) is 18.7 Å². The molecule has 0 fully saturated rings. The standard InChI is InChI=1S/C14H18F3NO2/c1-3-18(9-8-13(19)20)10(2)11-4-6-12(7-5-11)14(15,16)17/h4-7,10H,3,8-9H2,1-2H3,(H,19,20). The monoisotopic (exact) mass is 289 g/mol. The highest BCUT2D eigenvalue weighted by molar-refractivity contribution is 5.66. The number of aliphatic carboxylic acids is 1. The maximum atomic E-state index is 12.5. The van der Waals surface area contributed by atoms with Crippen molar-refractivity contribution in [3.8, 4) is 0 Å². The molecule has 0 bridgehead atoms. The third-order valence-electron chi connectivity index (χ3n) is 3.29. The Balaban J connectivity index is 2.79. The van der Waals surface area contributed by atoms with E-state index in [1.165, 1.54) is 12.1 Å². The number of alkyl halides is 3. The first-order chi connectivity index (χ1) is 9.25. The second kappa shape index (κ2) is 6.74. The molecule has 20 heavy (non-hydrogen) atoms. The van der Waals surface area contributed by atoms with Gasteiger partial charge in [0.25, 0.3) is 0 Å². The molecule has 0 saturated heterocycles. The molecule has 0 aliphatic carbocycles. The van der Waals surface area contributed by atoms with Gasteiger partial charge in [0, 0.05) is 12.6 Å². The van der Waals surface area contributed by atoms with E-state index in [0.29, 0.717) is 13.1 Å². The molecule has 1 aromatic carbocycles. The maximum absolute atomic E-state index is 12.5. The van der Waals surface area contributed by atoms with Crippen molar-refractivity contribution >= 4 is 5.97 Å². The summed E-state index contributed by atoms with van der Waals surface area (Å²) in [5.41, 5.74) is 0.0623. The van der Waals surface area contributed by atoms with Gasteiger partial charge in [0.2, 0.25) is 0 Å². The van der Waals surface area contributed by atoms with E-state index in [2.05, 4.69) is 0 Å². The Hall–Kier alpha value is -1.56.